The van der Waals surface area contributed by atoms with Gasteiger partial charge in [0, 0.05) is 13.5 Å². The molecule has 0 aliphatic heterocycles. The molecule has 0 spiro atoms. The first kappa shape index (κ1) is 9.68. The fraction of sp³-hybridized carbons (Fsp3) is 0.300. The molecule has 0 fully saturated rings. The molecule has 2 aromatic rings. The summed E-state index contributed by atoms with van der Waals surface area (Å²) >= 11 is 3.31. The monoisotopic (exact) mass is 254 g/mol. The fourth-order valence-electron chi connectivity index (χ4n) is 1.39. The Bertz CT molecular complexity index is 439. The van der Waals surface area contributed by atoms with Crippen LogP contribution in [0.5, 0.6) is 0 Å². The Balaban J connectivity index is 2.31. The average molecular weight is 255 g/mol. The number of aromatic nitrogens is 1. The molecule has 74 valence electrons. The van der Waals surface area contributed by atoms with Crippen LogP contribution in [0.2, 0.25) is 0 Å². The number of aryl methyl sites for hydroxylation is 1. The zero-order valence-electron chi connectivity index (χ0n) is 7.88. The molecule has 0 unspecified atom stereocenters. The number of oxazole rings is 1. The molecule has 0 aliphatic rings. The van der Waals surface area contributed by atoms with Gasteiger partial charge in [0.1, 0.15) is 5.52 Å². The van der Waals surface area contributed by atoms with Gasteiger partial charge in [0.15, 0.2) is 11.5 Å². The first-order chi connectivity index (χ1) is 6.79. The lowest BCUT2D eigenvalue weighted by molar-refractivity contribution is 0.560. The standard InChI is InChI=1S/C10H11BrN2O/c1-7-13-9-3-2-8(5-12-6-11)4-10(9)14-7/h2-4,12H,5-6H2,1H3. The van der Waals surface area contributed by atoms with E-state index in [-0.39, 0.29) is 0 Å². The molecular weight excluding hydrogens is 244 g/mol. The van der Waals surface area contributed by atoms with E-state index in [4.69, 9.17) is 4.42 Å². The minimum Gasteiger partial charge on any atom is -0.441 e. The number of fused-ring (bicyclic) bond motifs is 1. The molecular formula is C10H11BrN2O. The second kappa shape index (κ2) is 4.11. The number of hydrogen-bond acceptors (Lipinski definition) is 3. The largest absolute Gasteiger partial charge is 0.441 e. The summed E-state index contributed by atoms with van der Waals surface area (Å²) in [4.78, 5) is 4.24. The van der Waals surface area contributed by atoms with Crippen LogP contribution in [-0.2, 0) is 6.54 Å². The third-order valence-corrected chi connectivity index (χ3v) is 2.38. The normalized spacial score (nSPS) is 11.0. The number of nitrogens with one attached hydrogen (secondary N) is 1. The predicted octanol–water partition coefficient (Wildman–Crippen LogP) is 2.58. The van der Waals surface area contributed by atoms with E-state index in [0.717, 1.165) is 23.1 Å². The van der Waals surface area contributed by atoms with Gasteiger partial charge in [0.2, 0.25) is 0 Å². The van der Waals surface area contributed by atoms with Crippen LogP contribution in [0.4, 0.5) is 0 Å². The van der Waals surface area contributed by atoms with E-state index < -0.39 is 0 Å². The van der Waals surface area contributed by atoms with Gasteiger partial charge in [0.25, 0.3) is 0 Å². The Morgan fingerprint density at radius 3 is 3.14 bits per heavy atom. The minimum atomic E-state index is 0.714. The van der Waals surface area contributed by atoms with Gasteiger partial charge in [-0.25, -0.2) is 4.98 Å². The van der Waals surface area contributed by atoms with Gasteiger partial charge in [-0.15, -0.1) is 0 Å². The summed E-state index contributed by atoms with van der Waals surface area (Å²) in [5.41, 5.74) is 3.77. The van der Waals surface area contributed by atoms with E-state index in [1.165, 1.54) is 5.56 Å². The lowest BCUT2D eigenvalue weighted by Crippen LogP contribution is -2.09. The van der Waals surface area contributed by atoms with Crippen LogP contribution < -0.4 is 5.32 Å². The van der Waals surface area contributed by atoms with Gasteiger partial charge in [-0.1, -0.05) is 22.0 Å². The van der Waals surface area contributed by atoms with Crippen LogP contribution in [0, 0.1) is 6.92 Å². The molecule has 0 saturated carbocycles. The first-order valence-electron chi connectivity index (χ1n) is 4.42. The molecule has 2 rings (SSSR count). The molecule has 0 atom stereocenters. The van der Waals surface area contributed by atoms with Crippen molar-refractivity contribution in [1.29, 1.82) is 0 Å². The average Bonchev–Trinajstić information content (AvgIpc) is 2.54. The zero-order valence-corrected chi connectivity index (χ0v) is 9.47. The molecule has 1 aromatic carbocycles. The molecule has 0 amide bonds. The highest BCUT2D eigenvalue weighted by Crippen LogP contribution is 2.16. The Hall–Kier alpha value is -0.870. The Morgan fingerprint density at radius 1 is 1.50 bits per heavy atom. The second-order valence-electron chi connectivity index (χ2n) is 3.10. The Kier molecular flexibility index (Phi) is 2.84. The molecule has 0 aliphatic carbocycles. The zero-order chi connectivity index (χ0) is 9.97. The van der Waals surface area contributed by atoms with Crippen LogP contribution in [0.15, 0.2) is 22.6 Å². The van der Waals surface area contributed by atoms with Gasteiger partial charge in [-0.05, 0) is 17.7 Å². The summed E-state index contributed by atoms with van der Waals surface area (Å²) in [6, 6.07) is 6.06. The van der Waals surface area contributed by atoms with Crippen molar-refractivity contribution < 1.29 is 4.42 Å². The quantitative estimate of drug-likeness (QED) is 0.676. The lowest BCUT2D eigenvalue weighted by Gasteiger charge is -1.99. The highest BCUT2D eigenvalue weighted by Gasteiger charge is 2.02. The van der Waals surface area contributed by atoms with Crippen LogP contribution in [-0.4, -0.2) is 10.4 Å². The van der Waals surface area contributed by atoms with Crippen molar-refractivity contribution in [3.05, 3.63) is 29.7 Å². The topological polar surface area (TPSA) is 38.1 Å². The number of hydrogen-bond donors (Lipinski definition) is 1. The maximum atomic E-state index is 5.44. The van der Waals surface area contributed by atoms with E-state index in [9.17, 15) is 0 Å². The third-order valence-electron chi connectivity index (χ3n) is 1.98. The highest BCUT2D eigenvalue weighted by atomic mass is 79.9. The van der Waals surface area contributed by atoms with E-state index in [2.05, 4.69) is 32.3 Å². The van der Waals surface area contributed by atoms with Gasteiger partial charge in [0.05, 0.1) is 5.45 Å². The molecule has 0 bridgehead atoms. The maximum Gasteiger partial charge on any atom is 0.192 e. The molecule has 14 heavy (non-hydrogen) atoms. The summed E-state index contributed by atoms with van der Waals surface area (Å²) in [5.74, 6) is 0.714. The molecule has 4 heteroatoms. The van der Waals surface area contributed by atoms with Crippen molar-refractivity contribution in [2.75, 3.05) is 5.45 Å². The van der Waals surface area contributed by atoms with Crippen LogP contribution >= 0.6 is 15.9 Å². The molecule has 0 saturated heterocycles. The van der Waals surface area contributed by atoms with Gasteiger partial charge >= 0.3 is 0 Å². The molecule has 1 aromatic heterocycles. The van der Waals surface area contributed by atoms with Crippen LogP contribution in [0.1, 0.15) is 11.5 Å². The molecule has 1 heterocycles. The van der Waals surface area contributed by atoms with Gasteiger partial charge in [-0.3, -0.25) is 0 Å². The van der Waals surface area contributed by atoms with Crippen LogP contribution in [0.25, 0.3) is 11.1 Å². The van der Waals surface area contributed by atoms with Crippen molar-refractivity contribution in [3.63, 3.8) is 0 Å². The van der Waals surface area contributed by atoms with Gasteiger partial charge in [-0.2, -0.15) is 0 Å². The Morgan fingerprint density at radius 2 is 2.36 bits per heavy atom. The van der Waals surface area contributed by atoms with E-state index >= 15 is 0 Å². The summed E-state index contributed by atoms with van der Waals surface area (Å²) in [7, 11) is 0. The predicted molar refractivity (Wildman–Crippen MR) is 59.4 cm³/mol. The van der Waals surface area contributed by atoms with Crippen molar-refractivity contribution in [3.8, 4) is 0 Å². The van der Waals surface area contributed by atoms with Crippen LogP contribution in [0.3, 0.4) is 0 Å². The number of alkyl halides is 1. The molecule has 3 nitrogen and oxygen atoms in total. The van der Waals surface area contributed by atoms with Crippen molar-refractivity contribution >= 4 is 27.0 Å². The van der Waals surface area contributed by atoms with Crippen molar-refractivity contribution in [1.82, 2.24) is 10.3 Å². The van der Waals surface area contributed by atoms with Crippen molar-refractivity contribution in [2.45, 2.75) is 13.5 Å². The number of benzene rings is 1. The van der Waals surface area contributed by atoms with E-state index in [1.807, 2.05) is 19.1 Å². The summed E-state index contributed by atoms with van der Waals surface area (Å²) < 4.78 is 5.44. The molecule has 1 N–H and O–H groups in total. The first-order valence-corrected chi connectivity index (χ1v) is 5.54. The second-order valence-corrected chi connectivity index (χ2v) is 3.66. The maximum absolute atomic E-state index is 5.44. The van der Waals surface area contributed by atoms with E-state index in [1.54, 1.807) is 0 Å². The number of nitrogens with zero attached hydrogens (tertiary/aromatic N) is 1. The SMILES string of the molecule is Cc1nc2ccc(CNCBr)cc2o1. The number of rotatable bonds is 3. The minimum absolute atomic E-state index is 0.714. The van der Waals surface area contributed by atoms with Crippen molar-refractivity contribution in [2.24, 2.45) is 0 Å². The summed E-state index contributed by atoms with van der Waals surface area (Å²) in [6.45, 7) is 2.69. The highest BCUT2D eigenvalue weighted by molar-refractivity contribution is 9.09. The van der Waals surface area contributed by atoms with Gasteiger partial charge < -0.3 is 9.73 Å². The third kappa shape index (κ3) is 1.96. The lowest BCUT2D eigenvalue weighted by atomic mass is 10.2. The Labute approximate surface area is 90.6 Å². The van der Waals surface area contributed by atoms with E-state index in [0.29, 0.717) is 5.89 Å². The smallest absolute Gasteiger partial charge is 0.192 e. The summed E-state index contributed by atoms with van der Waals surface area (Å²) in [6.07, 6.45) is 0. The number of halogens is 1. The summed E-state index contributed by atoms with van der Waals surface area (Å²) in [5, 5.41) is 3.19. The molecule has 0 radical (unpaired) electrons. The fourth-order valence-corrected chi connectivity index (χ4v) is 1.58.